The van der Waals surface area contributed by atoms with Gasteiger partial charge in [0.25, 0.3) is 0 Å². The van der Waals surface area contributed by atoms with Crippen LogP contribution >= 0.6 is 23.7 Å². The molecular formula is C26H36ClN3O3S2. The van der Waals surface area contributed by atoms with Gasteiger partial charge in [-0.15, -0.1) is 12.4 Å². The van der Waals surface area contributed by atoms with Crippen molar-refractivity contribution in [1.82, 2.24) is 9.88 Å². The number of sulfone groups is 1. The number of thiazole rings is 1. The van der Waals surface area contributed by atoms with E-state index in [-0.39, 0.29) is 29.6 Å². The van der Waals surface area contributed by atoms with Gasteiger partial charge in [-0.25, -0.2) is 13.4 Å². The first-order valence-electron chi connectivity index (χ1n) is 11.8. The summed E-state index contributed by atoms with van der Waals surface area (Å²) < 4.78 is 25.9. The summed E-state index contributed by atoms with van der Waals surface area (Å²) in [5.41, 5.74) is 4.05. The van der Waals surface area contributed by atoms with Crippen LogP contribution in [0.2, 0.25) is 0 Å². The molecule has 0 saturated heterocycles. The van der Waals surface area contributed by atoms with Crippen LogP contribution in [0.5, 0.6) is 0 Å². The van der Waals surface area contributed by atoms with Gasteiger partial charge in [0, 0.05) is 13.1 Å². The number of amides is 1. The van der Waals surface area contributed by atoms with E-state index in [1.54, 1.807) is 43.0 Å². The van der Waals surface area contributed by atoms with Gasteiger partial charge in [-0.05, 0) is 75.7 Å². The zero-order valence-corrected chi connectivity index (χ0v) is 23.8. The van der Waals surface area contributed by atoms with Crippen molar-refractivity contribution >= 4 is 54.8 Å². The van der Waals surface area contributed by atoms with Gasteiger partial charge in [-0.3, -0.25) is 9.69 Å². The van der Waals surface area contributed by atoms with Crippen molar-refractivity contribution < 1.29 is 13.2 Å². The number of aryl methyl sites for hydroxylation is 2. The normalized spacial score (nSPS) is 11.8. The van der Waals surface area contributed by atoms with Gasteiger partial charge >= 0.3 is 0 Å². The van der Waals surface area contributed by atoms with E-state index in [1.165, 1.54) is 16.9 Å². The van der Waals surface area contributed by atoms with Crippen molar-refractivity contribution in [1.29, 1.82) is 0 Å². The van der Waals surface area contributed by atoms with Crippen molar-refractivity contribution in [3.05, 3.63) is 53.1 Å². The Morgan fingerprint density at radius 1 is 1.00 bits per heavy atom. The lowest BCUT2D eigenvalue weighted by Crippen LogP contribution is -2.39. The van der Waals surface area contributed by atoms with Gasteiger partial charge in [0.2, 0.25) is 5.91 Å². The SMILES string of the molecule is CCN(CC)CCN(C(=O)Cc1ccc(S(=O)(=O)C(C)C)cc1)c1nc2c(C)c(C)ccc2s1.Cl. The van der Waals surface area contributed by atoms with E-state index in [0.29, 0.717) is 11.7 Å². The predicted molar refractivity (Wildman–Crippen MR) is 149 cm³/mol. The van der Waals surface area contributed by atoms with Gasteiger partial charge in [0.05, 0.1) is 26.8 Å². The molecule has 0 aliphatic rings. The minimum absolute atomic E-state index is 0. The highest BCUT2D eigenvalue weighted by atomic mass is 35.5. The average molecular weight is 538 g/mol. The van der Waals surface area contributed by atoms with E-state index >= 15 is 0 Å². The van der Waals surface area contributed by atoms with Crippen LogP contribution in [0, 0.1) is 13.8 Å². The first-order valence-corrected chi connectivity index (χ1v) is 14.2. The smallest absolute Gasteiger partial charge is 0.233 e. The Labute approximate surface area is 219 Å². The van der Waals surface area contributed by atoms with Crippen LogP contribution in [-0.2, 0) is 21.1 Å². The molecule has 0 radical (unpaired) electrons. The highest BCUT2D eigenvalue weighted by Gasteiger charge is 2.23. The minimum atomic E-state index is -3.34. The van der Waals surface area contributed by atoms with Crippen molar-refractivity contribution in [3.63, 3.8) is 0 Å². The molecule has 0 aliphatic heterocycles. The maximum absolute atomic E-state index is 13.5. The van der Waals surface area contributed by atoms with Crippen molar-refractivity contribution in [2.24, 2.45) is 0 Å². The summed E-state index contributed by atoms with van der Waals surface area (Å²) in [5.74, 6) is -0.0416. The van der Waals surface area contributed by atoms with E-state index in [9.17, 15) is 13.2 Å². The van der Waals surface area contributed by atoms with Gasteiger partial charge in [0.15, 0.2) is 15.0 Å². The lowest BCUT2D eigenvalue weighted by molar-refractivity contribution is -0.118. The molecule has 1 aromatic heterocycles. The summed E-state index contributed by atoms with van der Waals surface area (Å²) in [5, 5.41) is 0.224. The number of likely N-dealkylation sites (N-methyl/N-ethyl adjacent to an activating group) is 1. The molecule has 9 heteroatoms. The quantitative estimate of drug-likeness (QED) is 0.344. The number of carbonyl (C=O) groups is 1. The summed E-state index contributed by atoms with van der Waals surface area (Å²) in [4.78, 5) is 22.7. The summed E-state index contributed by atoms with van der Waals surface area (Å²) in [6.45, 7) is 14.9. The predicted octanol–water partition coefficient (Wildman–Crippen LogP) is 5.43. The van der Waals surface area contributed by atoms with Crippen LogP contribution in [0.4, 0.5) is 5.13 Å². The maximum atomic E-state index is 13.5. The molecular weight excluding hydrogens is 502 g/mol. The third kappa shape index (κ3) is 6.61. The second-order valence-electron chi connectivity index (χ2n) is 8.84. The molecule has 192 valence electrons. The number of anilines is 1. The fraction of sp³-hybridized carbons (Fsp3) is 0.462. The number of hydrogen-bond acceptors (Lipinski definition) is 6. The van der Waals surface area contributed by atoms with Gasteiger partial charge in [0.1, 0.15) is 0 Å². The van der Waals surface area contributed by atoms with E-state index in [4.69, 9.17) is 4.98 Å². The number of aromatic nitrogens is 1. The number of hydrogen-bond donors (Lipinski definition) is 0. The zero-order chi connectivity index (χ0) is 25.0. The van der Waals surface area contributed by atoms with E-state index < -0.39 is 15.1 Å². The number of nitrogens with zero attached hydrogens (tertiary/aromatic N) is 3. The molecule has 0 unspecified atom stereocenters. The largest absolute Gasteiger partial charge is 0.302 e. The van der Waals surface area contributed by atoms with Crippen LogP contribution < -0.4 is 4.90 Å². The highest BCUT2D eigenvalue weighted by Crippen LogP contribution is 2.32. The number of carbonyl (C=O) groups excluding carboxylic acids is 1. The number of halogens is 1. The Morgan fingerprint density at radius 2 is 1.63 bits per heavy atom. The minimum Gasteiger partial charge on any atom is -0.302 e. The maximum Gasteiger partial charge on any atom is 0.233 e. The summed E-state index contributed by atoms with van der Waals surface area (Å²) in [6, 6.07) is 10.8. The first kappa shape index (κ1) is 29.2. The lowest BCUT2D eigenvalue weighted by atomic mass is 10.1. The standard InChI is InChI=1S/C26H35N3O3S2.ClH/c1-7-28(8-2)15-16-29(26-27-25-20(6)19(5)9-14-23(25)33-26)24(30)17-21-10-12-22(13-11-21)34(31,32)18(3)4;/h9-14,18H,7-8,15-17H2,1-6H3;1H. The molecule has 0 spiro atoms. The van der Waals surface area contributed by atoms with E-state index in [0.717, 1.165) is 41.0 Å². The molecule has 0 aliphatic carbocycles. The Balaban J connectivity index is 0.00000432. The molecule has 0 saturated carbocycles. The first-order chi connectivity index (χ1) is 16.1. The molecule has 0 N–H and O–H groups in total. The fourth-order valence-corrected chi connectivity index (χ4v) is 5.91. The Bertz CT molecular complexity index is 1250. The van der Waals surface area contributed by atoms with E-state index in [2.05, 4.69) is 44.7 Å². The van der Waals surface area contributed by atoms with Gasteiger partial charge in [-0.1, -0.05) is 43.4 Å². The fourth-order valence-electron chi connectivity index (χ4n) is 3.78. The number of benzene rings is 2. The molecule has 6 nitrogen and oxygen atoms in total. The molecule has 0 bridgehead atoms. The van der Waals surface area contributed by atoms with Crippen molar-refractivity contribution in [2.75, 3.05) is 31.1 Å². The Hall–Kier alpha value is -2.00. The van der Waals surface area contributed by atoms with Crippen LogP contribution in [0.1, 0.15) is 44.4 Å². The van der Waals surface area contributed by atoms with Crippen LogP contribution in [0.25, 0.3) is 10.2 Å². The lowest BCUT2D eigenvalue weighted by Gasteiger charge is -2.24. The third-order valence-corrected chi connectivity index (χ3v) is 9.58. The molecule has 1 amide bonds. The monoisotopic (exact) mass is 537 g/mol. The van der Waals surface area contributed by atoms with Crippen LogP contribution in [0.15, 0.2) is 41.3 Å². The molecule has 3 rings (SSSR count). The summed E-state index contributed by atoms with van der Waals surface area (Å²) in [7, 11) is -3.34. The Morgan fingerprint density at radius 3 is 2.20 bits per heavy atom. The topological polar surface area (TPSA) is 70.6 Å². The van der Waals surface area contributed by atoms with Crippen LogP contribution in [-0.4, -0.2) is 55.6 Å². The van der Waals surface area contributed by atoms with Crippen molar-refractivity contribution in [2.45, 2.75) is 58.1 Å². The molecule has 0 fully saturated rings. The highest BCUT2D eigenvalue weighted by molar-refractivity contribution is 7.92. The molecule has 2 aromatic carbocycles. The molecule has 0 atom stereocenters. The van der Waals surface area contributed by atoms with Crippen molar-refractivity contribution in [3.8, 4) is 0 Å². The molecule has 35 heavy (non-hydrogen) atoms. The zero-order valence-electron chi connectivity index (χ0n) is 21.4. The molecule has 3 aromatic rings. The Kier molecular flexibility index (Phi) is 10.3. The number of rotatable bonds is 10. The molecule has 1 heterocycles. The van der Waals surface area contributed by atoms with E-state index in [1.807, 2.05) is 0 Å². The second kappa shape index (κ2) is 12.3. The summed E-state index contributed by atoms with van der Waals surface area (Å²) >= 11 is 1.54. The third-order valence-electron chi connectivity index (χ3n) is 6.37. The van der Waals surface area contributed by atoms with Gasteiger partial charge < -0.3 is 4.90 Å². The average Bonchev–Trinajstić information content (AvgIpc) is 3.24. The van der Waals surface area contributed by atoms with Crippen LogP contribution in [0.3, 0.4) is 0 Å². The number of fused-ring (bicyclic) bond motifs is 1. The second-order valence-corrected chi connectivity index (χ2v) is 12.4. The van der Waals surface area contributed by atoms with Gasteiger partial charge in [-0.2, -0.15) is 0 Å². The summed E-state index contributed by atoms with van der Waals surface area (Å²) in [6.07, 6.45) is 0.189.